The summed E-state index contributed by atoms with van der Waals surface area (Å²) in [6.45, 7) is 0. The monoisotopic (exact) mass is 250 g/mol. The van der Waals surface area contributed by atoms with Crippen molar-refractivity contribution < 1.29 is 19.5 Å². The van der Waals surface area contributed by atoms with E-state index >= 15 is 0 Å². The van der Waals surface area contributed by atoms with Gasteiger partial charge in [-0.15, -0.1) is 0 Å². The summed E-state index contributed by atoms with van der Waals surface area (Å²) >= 11 is 0. The molecule has 0 aromatic heterocycles. The fourth-order valence-electron chi connectivity index (χ4n) is 1.62. The minimum Gasteiger partial charge on any atom is -0.506 e. The Hall–Kier alpha value is -1.61. The zero-order valence-electron chi connectivity index (χ0n) is 8.82. The molecule has 0 fully saturated rings. The molecule has 0 saturated heterocycles. The number of aromatic hydroxyl groups is 1. The molecular formula is C12H11O4P. The minimum atomic E-state index is -4.45. The van der Waals surface area contributed by atoms with Crippen molar-refractivity contribution >= 4 is 12.9 Å². The van der Waals surface area contributed by atoms with E-state index in [0.29, 0.717) is 11.1 Å². The van der Waals surface area contributed by atoms with Gasteiger partial charge in [-0.3, -0.25) is 4.57 Å². The predicted octanol–water partition coefficient (Wildman–Crippen LogP) is 1.86. The van der Waals surface area contributed by atoms with Gasteiger partial charge in [0, 0.05) is 5.56 Å². The molecule has 0 saturated carbocycles. The fourth-order valence-corrected chi connectivity index (χ4v) is 2.29. The molecule has 88 valence electrons. The third-order valence-corrected chi connectivity index (χ3v) is 3.40. The molecule has 2 aromatic carbocycles. The zero-order chi connectivity index (χ0) is 12.5. The van der Waals surface area contributed by atoms with Crippen LogP contribution in [-0.2, 0) is 4.57 Å². The average molecular weight is 250 g/mol. The highest BCUT2D eigenvalue weighted by Crippen LogP contribution is 2.40. The van der Waals surface area contributed by atoms with Gasteiger partial charge in [0.25, 0.3) is 0 Å². The Morgan fingerprint density at radius 2 is 1.53 bits per heavy atom. The molecule has 0 amide bonds. The van der Waals surface area contributed by atoms with Crippen LogP contribution in [0.3, 0.4) is 0 Å². The van der Waals surface area contributed by atoms with E-state index in [1.165, 1.54) is 12.1 Å². The van der Waals surface area contributed by atoms with E-state index in [9.17, 15) is 9.67 Å². The summed E-state index contributed by atoms with van der Waals surface area (Å²) < 4.78 is 11.2. The van der Waals surface area contributed by atoms with Crippen LogP contribution in [0.4, 0.5) is 0 Å². The molecule has 0 atom stereocenters. The van der Waals surface area contributed by atoms with Crippen LogP contribution in [0.5, 0.6) is 5.75 Å². The van der Waals surface area contributed by atoms with Crippen LogP contribution >= 0.6 is 7.60 Å². The molecule has 0 spiro atoms. The molecule has 0 aliphatic carbocycles. The topological polar surface area (TPSA) is 77.8 Å². The number of hydrogen-bond acceptors (Lipinski definition) is 2. The summed E-state index contributed by atoms with van der Waals surface area (Å²) in [5, 5.41) is 9.54. The van der Waals surface area contributed by atoms with Crippen LogP contribution in [0.1, 0.15) is 0 Å². The lowest BCUT2D eigenvalue weighted by atomic mass is 10.1. The van der Waals surface area contributed by atoms with Gasteiger partial charge in [-0.25, -0.2) is 0 Å². The van der Waals surface area contributed by atoms with Crippen LogP contribution in [-0.4, -0.2) is 14.9 Å². The molecule has 0 radical (unpaired) electrons. The second-order valence-electron chi connectivity index (χ2n) is 3.58. The number of phenols is 1. The number of phenolic OH excluding ortho intramolecular Hbond substituents is 1. The van der Waals surface area contributed by atoms with E-state index in [0.717, 1.165) is 0 Å². The van der Waals surface area contributed by atoms with Gasteiger partial charge >= 0.3 is 7.60 Å². The van der Waals surface area contributed by atoms with Gasteiger partial charge in [0.15, 0.2) is 0 Å². The van der Waals surface area contributed by atoms with Crippen molar-refractivity contribution in [2.45, 2.75) is 0 Å². The SMILES string of the molecule is O=P(O)(O)c1cccc(-c2ccccc2)c1O. The molecule has 3 N–H and O–H groups in total. The Labute approximate surface area is 98.3 Å². The van der Waals surface area contributed by atoms with Crippen LogP contribution in [0.25, 0.3) is 11.1 Å². The molecule has 0 bridgehead atoms. The predicted molar refractivity (Wildman–Crippen MR) is 65.2 cm³/mol. The van der Waals surface area contributed by atoms with E-state index in [1.807, 2.05) is 6.07 Å². The highest BCUT2D eigenvalue weighted by Gasteiger charge is 2.23. The second-order valence-corrected chi connectivity index (χ2v) is 5.15. The first-order chi connectivity index (χ1) is 8.00. The first kappa shape index (κ1) is 11.9. The van der Waals surface area contributed by atoms with E-state index < -0.39 is 7.60 Å². The van der Waals surface area contributed by atoms with E-state index in [4.69, 9.17) is 9.79 Å². The number of benzene rings is 2. The molecule has 2 aromatic rings. The highest BCUT2D eigenvalue weighted by atomic mass is 31.2. The second kappa shape index (κ2) is 4.34. The Balaban J connectivity index is 2.62. The summed E-state index contributed by atoms with van der Waals surface area (Å²) in [6, 6.07) is 13.3. The maximum atomic E-state index is 11.2. The molecule has 2 rings (SSSR count). The molecule has 0 heterocycles. The summed E-state index contributed by atoms with van der Waals surface area (Å²) in [7, 11) is -4.45. The van der Waals surface area contributed by atoms with Crippen molar-refractivity contribution in [2.75, 3.05) is 0 Å². The third-order valence-electron chi connectivity index (χ3n) is 2.41. The van der Waals surface area contributed by atoms with Crippen LogP contribution in [0.15, 0.2) is 48.5 Å². The largest absolute Gasteiger partial charge is 0.506 e. The molecule has 0 unspecified atom stereocenters. The minimum absolute atomic E-state index is 0.348. The first-order valence-electron chi connectivity index (χ1n) is 4.93. The number of hydrogen-bond donors (Lipinski definition) is 3. The van der Waals surface area contributed by atoms with Crippen LogP contribution in [0.2, 0.25) is 0 Å². The molecule has 0 aliphatic rings. The van der Waals surface area contributed by atoms with Gasteiger partial charge in [-0.2, -0.15) is 0 Å². The van der Waals surface area contributed by atoms with Crippen LogP contribution < -0.4 is 5.30 Å². The van der Waals surface area contributed by atoms with Crippen LogP contribution in [0, 0.1) is 0 Å². The van der Waals surface area contributed by atoms with Crippen molar-refractivity contribution in [1.29, 1.82) is 0 Å². The highest BCUT2D eigenvalue weighted by molar-refractivity contribution is 7.60. The molecular weight excluding hydrogens is 239 g/mol. The summed E-state index contributed by atoms with van der Waals surface area (Å²) in [6.07, 6.45) is 0. The standard InChI is InChI=1S/C12H11O4P/c13-12-10(9-5-2-1-3-6-9)7-4-8-11(12)17(14,15)16/h1-8,13H,(H2,14,15,16). The van der Waals surface area contributed by atoms with E-state index in [-0.39, 0.29) is 11.1 Å². The number of rotatable bonds is 2. The van der Waals surface area contributed by atoms with Crippen molar-refractivity contribution in [1.82, 2.24) is 0 Å². The fraction of sp³-hybridized carbons (Fsp3) is 0. The number of para-hydroxylation sites is 1. The van der Waals surface area contributed by atoms with Gasteiger partial charge in [0.05, 0.1) is 0 Å². The van der Waals surface area contributed by atoms with Crippen molar-refractivity contribution in [3.8, 4) is 16.9 Å². The van der Waals surface area contributed by atoms with Gasteiger partial charge in [-0.1, -0.05) is 42.5 Å². The maximum Gasteiger partial charge on any atom is 0.359 e. The lowest BCUT2D eigenvalue weighted by Gasteiger charge is -2.10. The smallest absolute Gasteiger partial charge is 0.359 e. The van der Waals surface area contributed by atoms with Gasteiger partial charge in [0.2, 0.25) is 0 Å². The summed E-state index contributed by atoms with van der Waals surface area (Å²) in [5.74, 6) is -0.368. The van der Waals surface area contributed by atoms with E-state index in [2.05, 4.69) is 0 Å². The molecule has 4 nitrogen and oxygen atoms in total. The molecule has 5 heteroatoms. The van der Waals surface area contributed by atoms with Gasteiger partial charge in [-0.05, 0) is 11.6 Å². The van der Waals surface area contributed by atoms with Crippen molar-refractivity contribution in [3.05, 3.63) is 48.5 Å². The molecule has 17 heavy (non-hydrogen) atoms. The van der Waals surface area contributed by atoms with Gasteiger partial charge < -0.3 is 14.9 Å². The lowest BCUT2D eigenvalue weighted by Crippen LogP contribution is -2.05. The maximum absolute atomic E-state index is 11.2. The Morgan fingerprint density at radius 1 is 0.882 bits per heavy atom. The third kappa shape index (κ3) is 2.39. The summed E-state index contributed by atoms with van der Waals surface area (Å²) in [5.41, 5.74) is 1.12. The quantitative estimate of drug-likeness (QED) is 0.711. The zero-order valence-corrected chi connectivity index (χ0v) is 9.71. The lowest BCUT2D eigenvalue weighted by molar-refractivity contribution is 0.384. The van der Waals surface area contributed by atoms with Crippen molar-refractivity contribution in [2.24, 2.45) is 0 Å². The first-order valence-corrected chi connectivity index (χ1v) is 6.55. The Morgan fingerprint density at radius 3 is 2.12 bits per heavy atom. The Bertz CT molecular complexity index is 574. The van der Waals surface area contributed by atoms with E-state index in [1.54, 1.807) is 30.3 Å². The average Bonchev–Trinajstić information content (AvgIpc) is 2.29. The van der Waals surface area contributed by atoms with Gasteiger partial charge in [0.1, 0.15) is 11.1 Å². The Kier molecular flexibility index (Phi) is 3.03. The molecule has 0 aliphatic heterocycles. The summed E-state index contributed by atoms with van der Waals surface area (Å²) in [4.78, 5) is 18.2. The normalized spacial score (nSPS) is 11.4. The van der Waals surface area contributed by atoms with Crippen molar-refractivity contribution in [3.63, 3.8) is 0 Å².